The molecule has 3 aliphatic rings. The Labute approximate surface area is 103 Å². The van der Waals surface area contributed by atoms with Crippen molar-refractivity contribution < 1.29 is 9.53 Å². The first-order valence-electron chi connectivity index (χ1n) is 6.95. The van der Waals surface area contributed by atoms with Crippen molar-refractivity contribution >= 4 is 5.97 Å². The lowest BCUT2D eigenvalue weighted by atomic mass is 9.72. The van der Waals surface area contributed by atoms with Crippen molar-refractivity contribution in [1.82, 2.24) is 0 Å². The van der Waals surface area contributed by atoms with E-state index in [0.29, 0.717) is 17.6 Å². The number of esters is 1. The largest absolute Gasteiger partial charge is 0.462 e. The summed E-state index contributed by atoms with van der Waals surface area (Å²) < 4.78 is 5.48. The highest BCUT2D eigenvalue weighted by Crippen LogP contribution is 2.65. The van der Waals surface area contributed by atoms with Crippen molar-refractivity contribution in [2.24, 2.45) is 23.2 Å². The van der Waals surface area contributed by atoms with Gasteiger partial charge in [0, 0.05) is 11.0 Å². The highest BCUT2D eigenvalue weighted by atomic mass is 16.5. The molecular formula is C15H22O2. The minimum atomic E-state index is -0.204. The van der Waals surface area contributed by atoms with Crippen LogP contribution in [0.4, 0.5) is 0 Å². The summed E-state index contributed by atoms with van der Waals surface area (Å²) in [5.41, 5.74) is 0.869. The molecular weight excluding hydrogens is 212 g/mol. The third-order valence-electron chi connectivity index (χ3n) is 5.48. The Morgan fingerprint density at radius 1 is 1.41 bits per heavy atom. The Morgan fingerprint density at radius 3 is 3.00 bits per heavy atom. The second-order valence-electron chi connectivity index (χ2n) is 6.42. The van der Waals surface area contributed by atoms with Crippen LogP contribution in [0.3, 0.4) is 0 Å². The first kappa shape index (κ1) is 11.3. The molecule has 0 aromatic heterocycles. The maximum absolute atomic E-state index is 11.5. The molecule has 0 N–H and O–H groups in total. The van der Waals surface area contributed by atoms with E-state index in [4.69, 9.17) is 4.74 Å². The second kappa shape index (κ2) is 3.86. The Kier molecular flexibility index (Phi) is 2.57. The number of hydrogen-bond acceptors (Lipinski definition) is 2. The zero-order valence-electron chi connectivity index (χ0n) is 10.7. The highest BCUT2D eigenvalue weighted by molar-refractivity contribution is 5.86. The Hall–Kier alpha value is -0.790. The van der Waals surface area contributed by atoms with E-state index in [1.54, 1.807) is 6.92 Å². The summed E-state index contributed by atoms with van der Waals surface area (Å²) in [5, 5.41) is 0. The van der Waals surface area contributed by atoms with Gasteiger partial charge in [-0.25, -0.2) is 4.79 Å². The van der Waals surface area contributed by atoms with Crippen LogP contribution in [0, 0.1) is 23.2 Å². The molecule has 2 nitrogen and oxygen atoms in total. The van der Waals surface area contributed by atoms with E-state index in [9.17, 15) is 4.79 Å². The lowest BCUT2D eigenvalue weighted by molar-refractivity contribution is -0.143. The maximum Gasteiger partial charge on any atom is 0.333 e. The van der Waals surface area contributed by atoms with Gasteiger partial charge in [-0.15, -0.1) is 0 Å². The number of hydrogen-bond donors (Lipinski definition) is 0. The van der Waals surface area contributed by atoms with Gasteiger partial charge in [0.25, 0.3) is 0 Å². The summed E-state index contributed by atoms with van der Waals surface area (Å²) in [4.78, 5) is 11.5. The zero-order valence-corrected chi connectivity index (χ0v) is 10.7. The first-order valence-corrected chi connectivity index (χ1v) is 6.95. The van der Waals surface area contributed by atoms with Crippen molar-refractivity contribution in [3.8, 4) is 0 Å². The molecule has 4 atom stereocenters. The molecule has 3 aliphatic carbocycles. The van der Waals surface area contributed by atoms with Gasteiger partial charge in [0.05, 0.1) is 6.61 Å². The molecule has 0 radical (unpaired) electrons. The van der Waals surface area contributed by atoms with Crippen molar-refractivity contribution in [2.75, 3.05) is 6.61 Å². The smallest absolute Gasteiger partial charge is 0.333 e. The first-order chi connectivity index (χ1) is 8.12. The lowest BCUT2D eigenvalue weighted by Gasteiger charge is -2.35. The lowest BCUT2D eigenvalue weighted by Crippen LogP contribution is -2.33. The van der Waals surface area contributed by atoms with Crippen LogP contribution >= 0.6 is 0 Å². The molecule has 0 aromatic carbocycles. The van der Waals surface area contributed by atoms with Gasteiger partial charge in [-0.2, -0.15) is 0 Å². The number of rotatable bonds is 3. The van der Waals surface area contributed by atoms with Crippen LogP contribution in [0.15, 0.2) is 12.2 Å². The molecule has 0 heterocycles. The van der Waals surface area contributed by atoms with Crippen LogP contribution in [0.5, 0.6) is 0 Å². The molecule has 0 saturated heterocycles. The third-order valence-corrected chi connectivity index (χ3v) is 5.48. The summed E-state index contributed by atoms with van der Waals surface area (Å²) in [7, 11) is 0. The molecule has 0 amide bonds. The molecule has 0 aliphatic heterocycles. The molecule has 2 bridgehead atoms. The summed E-state index contributed by atoms with van der Waals surface area (Å²) in [5.74, 6) is 2.53. The molecule has 0 spiro atoms. The fourth-order valence-corrected chi connectivity index (χ4v) is 4.79. The van der Waals surface area contributed by atoms with Gasteiger partial charge >= 0.3 is 5.97 Å². The normalized spacial score (nSPS) is 42.5. The van der Waals surface area contributed by atoms with Crippen molar-refractivity contribution in [2.45, 2.75) is 45.4 Å². The average molecular weight is 234 g/mol. The van der Waals surface area contributed by atoms with Crippen LogP contribution < -0.4 is 0 Å². The van der Waals surface area contributed by atoms with Crippen LogP contribution in [0.2, 0.25) is 0 Å². The van der Waals surface area contributed by atoms with E-state index in [1.165, 1.54) is 38.5 Å². The summed E-state index contributed by atoms with van der Waals surface area (Å²) in [6, 6.07) is 0. The van der Waals surface area contributed by atoms with E-state index in [2.05, 4.69) is 6.58 Å². The zero-order chi connectivity index (χ0) is 12.0. The minimum Gasteiger partial charge on any atom is -0.462 e. The van der Waals surface area contributed by atoms with Gasteiger partial charge in [0.2, 0.25) is 0 Å². The standard InChI is InChI=1S/C15H22O2/c1-10(2)14(16)17-9-15-7-6-11(8-15)12-4-3-5-13(12)15/h11-13H,1,3-9H2,2H3. The molecule has 3 fully saturated rings. The fraction of sp³-hybridized carbons (Fsp3) is 0.800. The quantitative estimate of drug-likeness (QED) is 0.553. The molecule has 2 heteroatoms. The maximum atomic E-state index is 11.5. The molecule has 17 heavy (non-hydrogen) atoms. The van der Waals surface area contributed by atoms with Gasteiger partial charge < -0.3 is 4.74 Å². The topological polar surface area (TPSA) is 26.3 Å². The predicted octanol–water partition coefficient (Wildman–Crippen LogP) is 3.32. The van der Waals surface area contributed by atoms with Gasteiger partial charge in [-0.3, -0.25) is 0 Å². The third kappa shape index (κ3) is 1.64. The predicted molar refractivity (Wildman–Crippen MR) is 66.4 cm³/mol. The monoisotopic (exact) mass is 234 g/mol. The Bertz CT molecular complexity index is 360. The number of fused-ring (bicyclic) bond motifs is 5. The number of ether oxygens (including phenoxy) is 1. The van der Waals surface area contributed by atoms with E-state index in [-0.39, 0.29) is 5.97 Å². The average Bonchev–Trinajstić information content (AvgIpc) is 2.97. The van der Waals surface area contributed by atoms with Crippen molar-refractivity contribution in [1.29, 1.82) is 0 Å². The SMILES string of the molecule is C=C(C)C(=O)OCC12CCC(C1)C1CCCC12. The number of carbonyl (C=O) groups is 1. The van der Waals surface area contributed by atoms with Gasteiger partial charge in [0.15, 0.2) is 0 Å². The summed E-state index contributed by atoms with van der Waals surface area (Å²) in [6.45, 7) is 6.03. The van der Waals surface area contributed by atoms with Crippen LogP contribution in [-0.4, -0.2) is 12.6 Å². The fourth-order valence-electron chi connectivity index (χ4n) is 4.79. The van der Waals surface area contributed by atoms with Crippen molar-refractivity contribution in [3.63, 3.8) is 0 Å². The Balaban J connectivity index is 1.69. The van der Waals surface area contributed by atoms with E-state index < -0.39 is 0 Å². The van der Waals surface area contributed by atoms with E-state index in [1.807, 2.05) is 0 Å². The highest BCUT2D eigenvalue weighted by Gasteiger charge is 2.59. The second-order valence-corrected chi connectivity index (χ2v) is 6.42. The summed E-state index contributed by atoms with van der Waals surface area (Å²) >= 11 is 0. The van der Waals surface area contributed by atoms with Crippen molar-refractivity contribution in [3.05, 3.63) is 12.2 Å². The van der Waals surface area contributed by atoms with Crippen LogP contribution in [0.25, 0.3) is 0 Å². The van der Waals surface area contributed by atoms with Crippen LogP contribution in [-0.2, 0) is 9.53 Å². The Morgan fingerprint density at radius 2 is 2.24 bits per heavy atom. The molecule has 3 rings (SSSR count). The van der Waals surface area contributed by atoms with Crippen LogP contribution in [0.1, 0.15) is 45.4 Å². The molecule has 3 saturated carbocycles. The molecule has 4 unspecified atom stereocenters. The van der Waals surface area contributed by atoms with Gasteiger partial charge in [-0.05, 0) is 56.8 Å². The van der Waals surface area contributed by atoms with E-state index >= 15 is 0 Å². The van der Waals surface area contributed by atoms with E-state index in [0.717, 1.165) is 17.8 Å². The minimum absolute atomic E-state index is 0.204. The molecule has 94 valence electrons. The molecule has 0 aromatic rings. The van der Waals surface area contributed by atoms with Gasteiger partial charge in [-0.1, -0.05) is 13.0 Å². The summed E-state index contributed by atoms with van der Waals surface area (Å²) in [6.07, 6.45) is 8.14. The van der Waals surface area contributed by atoms with Gasteiger partial charge in [0.1, 0.15) is 0 Å². The number of carbonyl (C=O) groups excluding carboxylic acids is 1.